The normalized spacial score (nSPS) is 10.0. The van der Waals surface area contributed by atoms with Gasteiger partial charge in [-0.2, -0.15) is 0 Å². The Hall–Kier alpha value is -2.53. The van der Waals surface area contributed by atoms with Crippen molar-refractivity contribution < 1.29 is 14.3 Å². The smallest absolute Gasteiger partial charge is 0.252 e. The zero-order chi connectivity index (χ0) is 15.9. The molecular weight excluding hydrogens is 304 g/mol. The van der Waals surface area contributed by atoms with Crippen LogP contribution in [0.2, 0.25) is 0 Å². The molecule has 114 valence electrons. The van der Waals surface area contributed by atoms with Gasteiger partial charge < -0.3 is 15.8 Å². The number of alkyl halides is 1. The van der Waals surface area contributed by atoms with E-state index in [1.165, 1.54) is 0 Å². The van der Waals surface area contributed by atoms with Crippen LogP contribution in [0.15, 0.2) is 48.5 Å². The molecule has 2 aromatic carbocycles. The lowest BCUT2D eigenvalue weighted by Crippen LogP contribution is -2.13. The molecule has 0 heterocycles. The van der Waals surface area contributed by atoms with Gasteiger partial charge in [0.2, 0.25) is 5.91 Å². The maximum Gasteiger partial charge on any atom is 0.252 e. The summed E-state index contributed by atoms with van der Waals surface area (Å²) in [6, 6.07) is 13.9. The predicted octanol–water partition coefficient (Wildman–Crippen LogP) is 2.54. The standard InChI is InChI=1S/C16H15ClN2O3/c17-9-15(20)19-12-7-5-11(6-8-12)10-22-14-4-2-1-3-13(14)16(18)21/h1-8H,9-10H2,(H2,18,21)(H,19,20). The number of hydrogen-bond donors (Lipinski definition) is 2. The minimum Gasteiger partial charge on any atom is -0.488 e. The van der Waals surface area contributed by atoms with Gasteiger partial charge in [-0.3, -0.25) is 9.59 Å². The lowest BCUT2D eigenvalue weighted by molar-refractivity contribution is -0.113. The van der Waals surface area contributed by atoms with Gasteiger partial charge in [0, 0.05) is 5.69 Å². The van der Waals surface area contributed by atoms with Gasteiger partial charge in [-0.1, -0.05) is 24.3 Å². The van der Waals surface area contributed by atoms with E-state index >= 15 is 0 Å². The largest absolute Gasteiger partial charge is 0.488 e. The summed E-state index contributed by atoms with van der Waals surface area (Å²) in [4.78, 5) is 22.5. The van der Waals surface area contributed by atoms with Crippen molar-refractivity contribution in [1.29, 1.82) is 0 Å². The van der Waals surface area contributed by atoms with Crippen LogP contribution in [-0.4, -0.2) is 17.7 Å². The van der Waals surface area contributed by atoms with Crippen LogP contribution >= 0.6 is 11.6 Å². The number of nitrogens with one attached hydrogen (secondary N) is 1. The molecule has 0 unspecified atom stereocenters. The number of benzene rings is 2. The van der Waals surface area contributed by atoms with E-state index in [9.17, 15) is 9.59 Å². The van der Waals surface area contributed by atoms with Gasteiger partial charge >= 0.3 is 0 Å². The van der Waals surface area contributed by atoms with E-state index in [1.54, 1.807) is 36.4 Å². The molecule has 0 aliphatic carbocycles. The Morgan fingerprint density at radius 3 is 2.41 bits per heavy atom. The summed E-state index contributed by atoms with van der Waals surface area (Å²) >= 11 is 5.42. The first kappa shape index (κ1) is 15.9. The molecule has 0 bridgehead atoms. The first-order valence-corrected chi connectivity index (χ1v) is 7.10. The second-order valence-corrected chi connectivity index (χ2v) is 4.80. The quantitative estimate of drug-likeness (QED) is 0.803. The summed E-state index contributed by atoms with van der Waals surface area (Å²) in [7, 11) is 0. The number of carbonyl (C=O) groups is 2. The summed E-state index contributed by atoms with van der Waals surface area (Å²) in [5.74, 6) is -0.445. The van der Waals surface area contributed by atoms with E-state index < -0.39 is 5.91 Å². The Morgan fingerprint density at radius 2 is 1.77 bits per heavy atom. The van der Waals surface area contributed by atoms with Crippen molar-refractivity contribution in [2.45, 2.75) is 6.61 Å². The highest BCUT2D eigenvalue weighted by Crippen LogP contribution is 2.19. The lowest BCUT2D eigenvalue weighted by atomic mass is 10.2. The van der Waals surface area contributed by atoms with Gasteiger partial charge in [-0.15, -0.1) is 11.6 Å². The number of hydrogen-bond acceptors (Lipinski definition) is 3. The number of amides is 2. The molecule has 6 heteroatoms. The van der Waals surface area contributed by atoms with Crippen LogP contribution in [-0.2, 0) is 11.4 Å². The van der Waals surface area contributed by atoms with Crippen molar-refractivity contribution in [3.8, 4) is 5.75 Å². The molecule has 3 N–H and O–H groups in total. The maximum absolute atomic E-state index is 11.3. The molecule has 0 spiro atoms. The average Bonchev–Trinajstić information content (AvgIpc) is 2.54. The van der Waals surface area contributed by atoms with Crippen LogP contribution in [0.1, 0.15) is 15.9 Å². The number of ether oxygens (including phenoxy) is 1. The highest BCUT2D eigenvalue weighted by Gasteiger charge is 2.08. The highest BCUT2D eigenvalue weighted by atomic mass is 35.5. The Morgan fingerprint density at radius 1 is 1.09 bits per heavy atom. The highest BCUT2D eigenvalue weighted by molar-refractivity contribution is 6.29. The van der Waals surface area contributed by atoms with Crippen molar-refractivity contribution in [3.63, 3.8) is 0 Å². The second kappa shape index (κ2) is 7.47. The van der Waals surface area contributed by atoms with Crippen molar-refractivity contribution in [2.75, 3.05) is 11.2 Å². The van der Waals surface area contributed by atoms with E-state index in [0.717, 1.165) is 5.56 Å². The molecule has 0 atom stereocenters. The van der Waals surface area contributed by atoms with Gasteiger partial charge in [0.25, 0.3) is 5.91 Å². The van der Waals surface area contributed by atoms with Crippen LogP contribution < -0.4 is 15.8 Å². The van der Waals surface area contributed by atoms with Crippen LogP contribution in [0, 0.1) is 0 Å². The third-order valence-electron chi connectivity index (χ3n) is 2.91. The summed E-state index contributed by atoms with van der Waals surface area (Å²) in [5.41, 5.74) is 7.19. The van der Waals surface area contributed by atoms with Crippen LogP contribution in [0.5, 0.6) is 5.75 Å². The number of halogens is 1. The van der Waals surface area contributed by atoms with Gasteiger partial charge in [-0.25, -0.2) is 0 Å². The Balaban J connectivity index is 2.00. The average molecular weight is 319 g/mol. The lowest BCUT2D eigenvalue weighted by Gasteiger charge is -2.10. The third kappa shape index (κ3) is 4.23. The number of nitrogens with two attached hydrogens (primary N) is 1. The Kier molecular flexibility index (Phi) is 5.38. The zero-order valence-corrected chi connectivity index (χ0v) is 12.5. The van der Waals surface area contributed by atoms with E-state index in [1.807, 2.05) is 12.1 Å². The topological polar surface area (TPSA) is 81.4 Å². The molecule has 0 aliphatic heterocycles. The van der Waals surface area contributed by atoms with Crippen molar-refractivity contribution in [2.24, 2.45) is 5.73 Å². The molecule has 5 nitrogen and oxygen atoms in total. The Labute approximate surface area is 133 Å². The number of para-hydroxylation sites is 1. The summed E-state index contributed by atoms with van der Waals surface area (Å²) in [6.07, 6.45) is 0. The third-order valence-corrected chi connectivity index (χ3v) is 3.15. The summed E-state index contributed by atoms with van der Waals surface area (Å²) in [6.45, 7) is 0.286. The predicted molar refractivity (Wildman–Crippen MR) is 85.1 cm³/mol. The van der Waals surface area contributed by atoms with Crippen molar-refractivity contribution in [3.05, 3.63) is 59.7 Å². The summed E-state index contributed by atoms with van der Waals surface area (Å²) in [5, 5.41) is 2.64. The SMILES string of the molecule is NC(=O)c1ccccc1OCc1ccc(NC(=O)CCl)cc1. The Bertz CT molecular complexity index is 671. The molecule has 0 aliphatic rings. The minimum absolute atomic E-state index is 0.0885. The number of primary amides is 1. The molecule has 0 saturated heterocycles. The fraction of sp³-hybridized carbons (Fsp3) is 0.125. The molecule has 0 radical (unpaired) electrons. The van der Waals surface area contributed by atoms with Crippen LogP contribution in [0.3, 0.4) is 0 Å². The molecule has 2 aromatic rings. The molecular formula is C16H15ClN2O3. The number of carbonyl (C=O) groups excluding carboxylic acids is 2. The zero-order valence-electron chi connectivity index (χ0n) is 11.7. The van der Waals surface area contributed by atoms with Crippen LogP contribution in [0.4, 0.5) is 5.69 Å². The molecule has 2 rings (SSSR count). The first-order chi connectivity index (χ1) is 10.6. The fourth-order valence-electron chi connectivity index (χ4n) is 1.84. The molecule has 0 fully saturated rings. The molecule has 22 heavy (non-hydrogen) atoms. The molecule has 0 aromatic heterocycles. The van der Waals surface area contributed by atoms with E-state index in [-0.39, 0.29) is 18.4 Å². The molecule has 0 saturated carbocycles. The maximum atomic E-state index is 11.3. The second-order valence-electron chi connectivity index (χ2n) is 4.53. The monoisotopic (exact) mass is 318 g/mol. The van der Waals surface area contributed by atoms with E-state index in [0.29, 0.717) is 17.0 Å². The van der Waals surface area contributed by atoms with Gasteiger partial charge in [0.05, 0.1) is 5.56 Å². The number of anilines is 1. The summed E-state index contributed by atoms with van der Waals surface area (Å²) < 4.78 is 5.62. The first-order valence-electron chi connectivity index (χ1n) is 6.56. The van der Waals surface area contributed by atoms with Crippen molar-refractivity contribution in [1.82, 2.24) is 0 Å². The van der Waals surface area contributed by atoms with E-state index in [4.69, 9.17) is 22.1 Å². The number of rotatable bonds is 6. The minimum atomic E-state index is -0.533. The van der Waals surface area contributed by atoms with E-state index in [2.05, 4.69) is 5.32 Å². The van der Waals surface area contributed by atoms with Gasteiger partial charge in [0.15, 0.2) is 0 Å². The van der Waals surface area contributed by atoms with Crippen molar-refractivity contribution >= 4 is 29.1 Å². The van der Waals surface area contributed by atoms with Crippen LogP contribution in [0.25, 0.3) is 0 Å². The van der Waals surface area contributed by atoms with Gasteiger partial charge in [-0.05, 0) is 29.8 Å². The van der Waals surface area contributed by atoms with Gasteiger partial charge in [0.1, 0.15) is 18.2 Å². The molecule has 2 amide bonds. The fourth-order valence-corrected chi connectivity index (χ4v) is 1.90.